The monoisotopic (exact) mass is 326 g/mol. The van der Waals surface area contributed by atoms with E-state index in [1.807, 2.05) is 27.7 Å². The Balaban J connectivity index is 3.21. The fraction of sp³-hybridized carbons (Fsp3) is 0.562. The number of carbonyl (C=O) groups is 1. The second-order valence-electron chi connectivity index (χ2n) is 5.88. The van der Waals surface area contributed by atoms with Crippen LogP contribution in [0.15, 0.2) is 17.0 Å². The van der Waals surface area contributed by atoms with Crippen molar-refractivity contribution in [3.63, 3.8) is 0 Å². The molecule has 0 aliphatic rings. The van der Waals surface area contributed by atoms with Gasteiger partial charge in [0.15, 0.2) is 0 Å². The third kappa shape index (κ3) is 4.08. The molecule has 1 aromatic carbocycles. The molecule has 0 aliphatic heterocycles. The predicted octanol–water partition coefficient (Wildman–Crippen LogP) is 2.93. The van der Waals surface area contributed by atoms with Gasteiger partial charge in [-0.15, -0.1) is 0 Å². The first kappa shape index (κ1) is 18.6. The molecule has 0 spiro atoms. The van der Waals surface area contributed by atoms with Crippen LogP contribution in [0.4, 0.5) is 5.69 Å². The first-order valence-electron chi connectivity index (χ1n) is 7.45. The highest BCUT2D eigenvalue weighted by Gasteiger charge is 2.21. The van der Waals surface area contributed by atoms with E-state index in [2.05, 4.69) is 5.32 Å². The summed E-state index contributed by atoms with van der Waals surface area (Å²) in [7, 11) is -0.539. The van der Waals surface area contributed by atoms with Crippen LogP contribution < -0.4 is 5.32 Å². The Hall–Kier alpha value is -1.40. The van der Waals surface area contributed by atoms with E-state index in [0.717, 1.165) is 24.0 Å². The fourth-order valence-corrected chi connectivity index (χ4v) is 3.15. The largest absolute Gasteiger partial charge is 0.326 e. The van der Waals surface area contributed by atoms with Gasteiger partial charge in [0.05, 0.1) is 4.90 Å². The molecule has 0 radical (unpaired) electrons. The SMILES string of the molecule is CCCC(C)C(=O)Nc1cc(S(=O)(=O)N(C)C)cc(C)c1C. The molecule has 1 amide bonds. The molecular formula is C16H26N2O3S. The minimum absolute atomic E-state index is 0.0799. The summed E-state index contributed by atoms with van der Waals surface area (Å²) >= 11 is 0. The van der Waals surface area contributed by atoms with Crippen LogP contribution in [0.25, 0.3) is 0 Å². The number of rotatable bonds is 6. The minimum atomic E-state index is -3.52. The van der Waals surface area contributed by atoms with Gasteiger partial charge in [0.2, 0.25) is 15.9 Å². The van der Waals surface area contributed by atoms with Crippen LogP contribution in [0.5, 0.6) is 0 Å². The number of hydrogen-bond acceptors (Lipinski definition) is 3. The van der Waals surface area contributed by atoms with Gasteiger partial charge in [-0.25, -0.2) is 12.7 Å². The Kier molecular flexibility index (Phi) is 6.14. The second kappa shape index (κ2) is 7.24. The minimum Gasteiger partial charge on any atom is -0.326 e. The van der Waals surface area contributed by atoms with Gasteiger partial charge in [-0.05, 0) is 43.5 Å². The maximum absolute atomic E-state index is 12.3. The van der Waals surface area contributed by atoms with E-state index >= 15 is 0 Å². The molecule has 1 aromatic rings. The Labute approximate surface area is 133 Å². The first-order valence-corrected chi connectivity index (χ1v) is 8.89. The number of nitrogens with zero attached hydrogens (tertiary/aromatic N) is 1. The average molecular weight is 326 g/mol. The molecule has 1 unspecified atom stereocenters. The topological polar surface area (TPSA) is 66.5 Å². The van der Waals surface area contributed by atoms with E-state index in [1.165, 1.54) is 24.5 Å². The maximum Gasteiger partial charge on any atom is 0.242 e. The molecule has 0 saturated carbocycles. The summed E-state index contributed by atoms with van der Waals surface area (Å²) in [4.78, 5) is 12.4. The second-order valence-corrected chi connectivity index (χ2v) is 8.03. The van der Waals surface area contributed by atoms with E-state index in [0.29, 0.717) is 5.69 Å². The highest BCUT2D eigenvalue weighted by Crippen LogP contribution is 2.26. The molecule has 5 nitrogen and oxygen atoms in total. The van der Waals surface area contributed by atoms with Crippen molar-refractivity contribution >= 4 is 21.6 Å². The normalized spacial score (nSPS) is 13.2. The summed E-state index contributed by atoms with van der Waals surface area (Å²) in [6, 6.07) is 3.17. The summed E-state index contributed by atoms with van der Waals surface area (Å²) in [6.07, 6.45) is 1.74. The zero-order valence-electron chi connectivity index (χ0n) is 14.2. The number of hydrogen-bond donors (Lipinski definition) is 1. The molecule has 0 saturated heterocycles. The number of aryl methyl sites for hydroxylation is 1. The quantitative estimate of drug-likeness (QED) is 0.874. The van der Waals surface area contributed by atoms with Crippen LogP contribution in [0.3, 0.4) is 0 Å². The first-order chi connectivity index (χ1) is 10.1. The van der Waals surface area contributed by atoms with E-state index in [-0.39, 0.29) is 16.7 Å². The molecule has 0 fully saturated rings. The van der Waals surface area contributed by atoms with Gasteiger partial charge in [-0.3, -0.25) is 4.79 Å². The van der Waals surface area contributed by atoms with Gasteiger partial charge in [0.25, 0.3) is 0 Å². The summed E-state index contributed by atoms with van der Waals surface area (Å²) in [5, 5.41) is 2.87. The Bertz CT molecular complexity index is 652. The molecule has 0 bridgehead atoms. The third-order valence-corrected chi connectivity index (χ3v) is 5.64. The third-order valence-electron chi connectivity index (χ3n) is 3.85. The van der Waals surface area contributed by atoms with Gasteiger partial charge in [-0.2, -0.15) is 0 Å². The molecule has 1 N–H and O–H groups in total. The fourth-order valence-electron chi connectivity index (χ4n) is 2.14. The van der Waals surface area contributed by atoms with Crippen LogP contribution in [-0.2, 0) is 14.8 Å². The molecule has 6 heteroatoms. The van der Waals surface area contributed by atoms with Gasteiger partial charge < -0.3 is 5.32 Å². The molecular weight excluding hydrogens is 300 g/mol. The summed E-state index contributed by atoms with van der Waals surface area (Å²) in [6.45, 7) is 7.63. The van der Waals surface area contributed by atoms with Crippen molar-refractivity contribution in [3.8, 4) is 0 Å². The number of anilines is 1. The van der Waals surface area contributed by atoms with Crippen molar-refractivity contribution in [2.45, 2.75) is 45.4 Å². The molecule has 0 aliphatic carbocycles. The number of carbonyl (C=O) groups excluding carboxylic acids is 1. The highest BCUT2D eigenvalue weighted by molar-refractivity contribution is 7.89. The molecule has 0 heterocycles. The zero-order valence-corrected chi connectivity index (χ0v) is 15.0. The molecule has 124 valence electrons. The Morgan fingerprint density at radius 1 is 1.27 bits per heavy atom. The van der Waals surface area contributed by atoms with Gasteiger partial charge in [0, 0.05) is 25.7 Å². The number of nitrogens with one attached hydrogen (secondary N) is 1. The van der Waals surface area contributed by atoms with E-state index in [9.17, 15) is 13.2 Å². The number of amides is 1. The van der Waals surface area contributed by atoms with Crippen molar-refractivity contribution in [2.75, 3.05) is 19.4 Å². The molecule has 22 heavy (non-hydrogen) atoms. The van der Waals surface area contributed by atoms with Gasteiger partial charge in [0.1, 0.15) is 0 Å². The van der Waals surface area contributed by atoms with Gasteiger partial charge >= 0.3 is 0 Å². The number of sulfonamides is 1. The lowest BCUT2D eigenvalue weighted by molar-refractivity contribution is -0.119. The van der Waals surface area contributed by atoms with Crippen LogP contribution in [0.1, 0.15) is 37.8 Å². The molecule has 1 rings (SSSR count). The summed E-state index contributed by atoms with van der Waals surface area (Å²) < 4.78 is 25.7. The van der Waals surface area contributed by atoms with Crippen molar-refractivity contribution in [3.05, 3.63) is 23.3 Å². The summed E-state index contributed by atoms with van der Waals surface area (Å²) in [5.41, 5.74) is 2.28. The molecule has 1 atom stereocenters. The van der Waals surface area contributed by atoms with Gasteiger partial charge in [-0.1, -0.05) is 20.3 Å². The van der Waals surface area contributed by atoms with Crippen molar-refractivity contribution in [1.29, 1.82) is 0 Å². The lowest BCUT2D eigenvalue weighted by atomic mass is 10.0. The zero-order chi connectivity index (χ0) is 17.1. The standard InChI is InChI=1S/C16H26N2O3S/c1-7-8-11(2)16(19)17-15-10-14(9-12(3)13(15)4)22(20,21)18(5)6/h9-11H,7-8H2,1-6H3,(H,17,19). The van der Waals surface area contributed by atoms with Crippen LogP contribution in [0, 0.1) is 19.8 Å². The molecule has 0 aromatic heterocycles. The smallest absolute Gasteiger partial charge is 0.242 e. The van der Waals surface area contributed by atoms with Crippen molar-refractivity contribution < 1.29 is 13.2 Å². The van der Waals surface area contributed by atoms with Crippen LogP contribution in [-0.4, -0.2) is 32.7 Å². The Morgan fingerprint density at radius 3 is 2.36 bits per heavy atom. The summed E-state index contributed by atoms with van der Waals surface area (Å²) in [5.74, 6) is -0.178. The van der Waals surface area contributed by atoms with E-state index in [4.69, 9.17) is 0 Å². The predicted molar refractivity (Wildman–Crippen MR) is 89.5 cm³/mol. The lowest BCUT2D eigenvalue weighted by Crippen LogP contribution is -2.24. The van der Waals surface area contributed by atoms with Crippen molar-refractivity contribution in [2.24, 2.45) is 5.92 Å². The van der Waals surface area contributed by atoms with Crippen LogP contribution in [0.2, 0.25) is 0 Å². The van der Waals surface area contributed by atoms with Crippen molar-refractivity contribution in [1.82, 2.24) is 4.31 Å². The number of benzene rings is 1. The Morgan fingerprint density at radius 2 is 1.86 bits per heavy atom. The van der Waals surface area contributed by atoms with Crippen LogP contribution >= 0.6 is 0 Å². The average Bonchev–Trinajstić information content (AvgIpc) is 2.43. The van der Waals surface area contributed by atoms with E-state index < -0.39 is 10.0 Å². The highest BCUT2D eigenvalue weighted by atomic mass is 32.2. The maximum atomic E-state index is 12.3. The van der Waals surface area contributed by atoms with E-state index in [1.54, 1.807) is 6.07 Å². The lowest BCUT2D eigenvalue weighted by Gasteiger charge is -2.18.